The molecule has 0 radical (unpaired) electrons. The second kappa shape index (κ2) is 5.63. The minimum absolute atomic E-state index is 0.541. The fourth-order valence-electron chi connectivity index (χ4n) is 3.23. The lowest BCUT2D eigenvalue weighted by Gasteiger charge is -2.27. The molecule has 1 atom stereocenters. The van der Waals surface area contributed by atoms with Crippen molar-refractivity contribution in [3.05, 3.63) is 40.3 Å². The summed E-state index contributed by atoms with van der Waals surface area (Å²) in [6.07, 6.45) is 5.36. The third-order valence-electron chi connectivity index (χ3n) is 4.27. The van der Waals surface area contributed by atoms with Crippen LogP contribution in [0.3, 0.4) is 0 Å². The lowest BCUT2D eigenvalue weighted by molar-refractivity contribution is 0.367. The Morgan fingerprint density at radius 1 is 1.30 bits per heavy atom. The van der Waals surface area contributed by atoms with Crippen molar-refractivity contribution in [1.29, 1.82) is 0 Å². The summed E-state index contributed by atoms with van der Waals surface area (Å²) in [5.74, 6) is 0. The summed E-state index contributed by atoms with van der Waals surface area (Å²) in [6.45, 7) is 2.04. The van der Waals surface area contributed by atoms with Gasteiger partial charge >= 0.3 is 0 Å². The van der Waals surface area contributed by atoms with Crippen LogP contribution in [0.2, 0.25) is 10.0 Å². The largest absolute Gasteiger partial charge is 0.340 e. The molecule has 3 aromatic rings. The minimum Gasteiger partial charge on any atom is -0.340 e. The Morgan fingerprint density at radius 2 is 2.13 bits per heavy atom. The van der Waals surface area contributed by atoms with Gasteiger partial charge in [-0.25, -0.2) is 8.51 Å². The standard InChI is InChI=1S/C15H14Cl2N4OS/c1-23(22)20-4-5-21-12(8-20)13(9-6-18-19-7-9)10-2-3-11(16)14(17)15(10)21/h2-3,6-7H,4-5,8H2,1H3,(H,18,19). The molecule has 1 aliphatic rings. The first-order valence-electron chi connectivity index (χ1n) is 7.14. The van der Waals surface area contributed by atoms with Crippen LogP contribution in [0, 0.1) is 0 Å². The maximum Gasteiger partial charge on any atom is 0.0915 e. The van der Waals surface area contributed by atoms with Crippen LogP contribution in [0.1, 0.15) is 5.69 Å². The average Bonchev–Trinajstić information content (AvgIpc) is 3.15. The van der Waals surface area contributed by atoms with E-state index in [9.17, 15) is 4.21 Å². The lowest BCUT2D eigenvalue weighted by atomic mass is 10.0. The highest BCUT2D eigenvalue weighted by molar-refractivity contribution is 7.81. The second-order valence-corrected chi connectivity index (χ2v) is 7.65. The molecule has 1 N–H and O–H groups in total. The molecular formula is C15H14Cl2N4OS. The molecule has 1 unspecified atom stereocenters. The summed E-state index contributed by atoms with van der Waals surface area (Å²) >= 11 is 12.7. The summed E-state index contributed by atoms with van der Waals surface area (Å²) in [7, 11) is -1.01. The van der Waals surface area contributed by atoms with Gasteiger partial charge in [0.25, 0.3) is 0 Å². The van der Waals surface area contributed by atoms with Crippen molar-refractivity contribution < 1.29 is 4.21 Å². The number of aromatic nitrogens is 3. The molecule has 2 aromatic heterocycles. The van der Waals surface area contributed by atoms with E-state index in [0.29, 0.717) is 23.1 Å². The molecule has 0 saturated carbocycles. The number of H-pyrrole nitrogens is 1. The van der Waals surface area contributed by atoms with Gasteiger partial charge in [-0.3, -0.25) is 5.10 Å². The van der Waals surface area contributed by atoms with Crippen LogP contribution < -0.4 is 0 Å². The molecule has 1 aliphatic heterocycles. The zero-order valence-corrected chi connectivity index (χ0v) is 14.7. The van der Waals surface area contributed by atoms with Crippen LogP contribution >= 0.6 is 23.2 Å². The number of nitrogens with one attached hydrogen (secondary N) is 1. The van der Waals surface area contributed by atoms with Crippen LogP contribution in [-0.2, 0) is 24.1 Å². The van der Waals surface area contributed by atoms with Crippen molar-refractivity contribution in [2.45, 2.75) is 13.1 Å². The third kappa shape index (κ3) is 2.32. The molecule has 120 valence electrons. The number of fused-ring (bicyclic) bond motifs is 3. The number of hydrogen-bond donors (Lipinski definition) is 1. The maximum absolute atomic E-state index is 11.9. The van der Waals surface area contributed by atoms with Gasteiger partial charge in [-0.2, -0.15) is 5.10 Å². The molecule has 3 heterocycles. The van der Waals surface area contributed by atoms with Crippen molar-refractivity contribution in [2.75, 3.05) is 12.8 Å². The molecule has 0 spiro atoms. The number of halogens is 2. The van der Waals surface area contributed by atoms with Gasteiger partial charge in [-0.15, -0.1) is 0 Å². The maximum atomic E-state index is 11.9. The van der Waals surface area contributed by atoms with E-state index in [4.69, 9.17) is 23.2 Å². The zero-order chi connectivity index (χ0) is 16.1. The van der Waals surface area contributed by atoms with E-state index in [1.54, 1.807) is 12.5 Å². The molecule has 0 saturated heterocycles. The summed E-state index contributed by atoms with van der Waals surface area (Å²) in [4.78, 5) is 0. The summed E-state index contributed by atoms with van der Waals surface area (Å²) in [6, 6.07) is 3.81. The van der Waals surface area contributed by atoms with E-state index < -0.39 is 11.0 Å². The molecule has 0 bridgehead atoms. The van der Waals surface area contributed by atoms with Crippen LogP contribution in [0.4, 0.5) is 0 Å². The van der Waals surface area contributed by atoms with Crippen LogP contribution in [0.25, 0.3) is 22.0 Å². The van der Waals surface area contributed by atoms with Gasteiger partial charge in [0.15, 0.2) is 0 Å². The quantitative estimate of drug-likeness (QED) is 0.752. The van der Waals surface area contributed by atoms with Gasteiger partial charge in [-0.05, 0) is 6.07 Å². The Bertz CT molecular complexity index is 920. The summed E-state index contributed by atoms with van der Waals surface area (Å²) in [5, 5.41) is 9.06. The number of aromatic amines is 1. The Hall–Kier alpha value is -1.34. The molecule has 1 aromatic carbocycles. The van der Waals surface area contributed by atoms with Crippen molar-refractivity contribution >= 4 is 45.1 Å². The Balaban J connectivity index is 2.05. The molecule has 5 nitrogen and oxygen atoms in total. The molecule has 0 fully saturated rings. The fourth-order valence-corrected chi connectivity index (χ4v) is 4.29. The molecule has 8 heteroatoms. The smallest absolute Gasteiger partial charge is 0.0915 e. The number of nitrogens with zero attached hydrogens (tertiary/aromatic N) is 3. The van der Waals surface area contributed by atoms with E-state index in [1.807, 2.05) is 22.6 Å². The summed E-state index contributed by atoms with van der Waals surface area (Å²) < 4.78 is 16.0. The van der Waals surface area contributed by atoms with E-state index >= 15 is 0 Å². The first-order chi connectivity index (χ1) is 11.1. The fraction of sp³-hybridized carbons (Fsp3) is 0.267. The second-order valence-electron chi connectivity index (χ2n) is 5.51. The predicted octanol–water partition coefficient (Wildman–Crippen LogP) is 3.45. The first kappa shape index (κ1) is 15.2. The van der Waals surface area contributed by atoms with Gasteiger partial charge in [0.1, 0.15) is 0 Å². The Kier molecular flexibility index (Phi) is 3.72. The van der Waals surface area contributed by atoms with Gasteiger partial charge in [-0.1, -0.05) is 29.3 Å². The van der Waals surface area contributed by atoms with Crippen LogP contribution in [-0.4, -0.2) is 36.1 Å². The van der Waals surface area contributed by atoms with Gasteiger partial charge < -0.3 is 4.57 Å². The lowest BCUT2D eigenvalue weighted by Crippen LogP contribution is -2.34. The highest BCUT2D eigenvalue weighted by Gasteiger charge is 2.27. The molecule has 4 rings (SSSR count). The van der Waals surface area contributed by atoms with E-state index in [2.05, 4.69) is 14.8 Å². The predicted molar refractivity (Wildman–Crippen MR) is 94.0 cm³/mol. The Labute approximate surface area is 145 Å². The highest BCUT2D eigenvalue weighted by Crippen LogP contribution is 2.42. The van der Waals surface area contributed by atoms with Crippen molar-refractivity contribution in [3.63, 3.8) is 0 Å². The SMILES string of the molecule is CS(=O)N1CCn2c(c(-c3cn[nH]c3)c3ccc(Cl)c(Cl)c32)C1. The molecule has 0 aliphatic carbocycles. The summed E-state index contributed by atoms with van der Waals surface area (Å²) in [5.41, 5.74) is 4.09. The Morgan fingerprint density at radius 3 is 2.83 bits per heavy atom. The zero-order valence-electron chi connectivity index (χ0n) is 12.3. The topological polar surface area (TPSA) is 53.9 Å². The minimum atomic E-state index is -1.01. The van der Waals surface area contributed by atoms with Gasteiger partial charge in [0.2, 0.25) is 0 Å². The molecule has 23 heavy (non-hydrogen) atoms. The van der Waals surface area contributed by atoms with Crippen molar-refractivity contribution in [2.24, 2.45) is 0 Å². The van der Waals surface area contributed by atoms with Crippen LogP contribution in [0.15, 0.2) is 24.5 Å². The van der Waals surface area contributed by atoms with E-state index in [0.717, 1.165) is 34.3 Å². The molecule has 0 amide bonds. The van der Waals surface area contributed by atoms with E-state index in [-0.39, 0.29) is 0 Å². The van der Waals surface area contributed by atoms with Crippen molar-refractivity contribution in [1.82, 2.24) is 19.1 Å². The average molecular weight is 369 g/mol. The van der Waals surface area contributed by atoms with Crippen molar-refractivity contribution in [3.8, 4) is 11.1 Å². The van der Waals surface area contributed by atoms with Gasteiger partial charge in [0, 0.05) is 47.7 Å². The molecular weight excluding hydrogens is 355 g/mol. The van der Waals surface area contributed by atoms with Crippen LogP contribution in [0.5, 0.6) is 0 Å². The third-order valence-corrected chi connectivity index (χ3v) is 6.11. The monoisotopic (exact) mass is 368 g/mol. The normalized spacial score (nSPS) is 16.7. The number of hydrogen-bond acceptors (Lipinski definition) is 2. The number of benzene rings is 1. The first-order valence-corrected chi connectivity index (χ1v) is 9.41. The number of rotatable bonds is 2. The van der Waals surface area contributed by atoms with E-state index in [1.165, 1.54) is 0 Å². The van der Waals surface area contributed by atoms with Gasteiger partial charge in [0.05, 0.1) is 39.3 Å². The highest BCUT2D eigenvalue weighted by atomic mass is 35.5.